The van der Waals surface area contributed by atoms with Gasteiger partial charge < -0.3 is 15.7 Å². The fourth-order valence-corrected chi connectivity index (χ4v) is 2.37. The molecule has 1 saturated heterocycles. The van der Waals surface area contributed by atoms with Gasteiger partial charge in [-0.1, -0.05) is 36.4 Å². The number of carbonyl (C=O) groups is 2. The molecule has 1 aliphatic heterocycles. The number of carboxylic acid groups (broad SMARTS) is 1. The van der Waals surface area contributed by atoms with E-state index in [-0.39, 0.29) is 11.9 Å². The molecule has 6 nitrogen and oxygen atoms in total. The molecule has 1 aliphatic rings. The molecule has 1 aromatic heterocycles. The number of hydrogen-bond acceptors (Lipinski definition) is 4. The van der Waals surface area contributed by atoms with Gasteiger partial charge in [-0.15, -0.1) is 0 Å². The van der Waals surface area contributed by atoms with Crippen LogP contribution in [0, 0.1) is 0 Å². The average Bonchev–Trinajstić information content (AvgIpc) is 3.15. The summed E-state index contributed by atoms with van der Waals surface area (Å²) in [5.74, 6) is -2.86. The molecule has 0 unspecified atom stereocenters. The number of aromatic nitrogens is 1. The van der Waals surface area contributed by atoms with E-state index < -0.39 is 12.1 Å². The first-order valence-corrected chi connectivity index (χ1v) is 8.10. The highest BCUT2D eigenvalue weighted by Gasteiger charge is 2.38. The Kier molecular flexibility index (Phi) is 6.89. The molecule has 0 saturated carbocycles. The molecule has 0 bridgehead atoms. The Hall–Kier alpha value is -2.94. The number of pyridine rings is 1. The summed E-state index contributed by atoms with van der Waals surface area (Å²) in [6, 6.07) is 13.9. The van der Waals surface area contributed by atoms with Crippen molar-refractivity contribution >= 4 is 11.9 Å². The van der Waals surface area contributed by atoms with Crippen molar-refractivity contribution in [3.05, 3.63) is 54.4 Å². The van der Waals surface area contributed by atoms with Crippen LogP contribution in [0.15, 0.2) is 48.7 Å². The maximum atomic E-state index is 12.0. The quantitative estimate of drug-likeness (QED) is 0.760. The summed E-state index contributed by atoms with van der Waals surface area (Å²) < 4.78 is 31.7. The van der Waals surface area contributed by atoms with Gasteiger partial charge in [-0.05, 0) is 24.6 Å². The van der Waals surface area contributed by atoms with Crippen LogP contribution in [0.3, 0.4) is 0 Å². The van der Waals surface area contributed by atoms with E-state index in [1.165, 1.54) is 0 Å². The zero-order valence-corrected chi connectivity index (χ0v) is 14.2. The molecule has 3 N–H and O–H groups in total. The molecule has 0 radical (unpaired) electrons. The van der Waals surface area contributed by atoms with Crippen molar-refractivity contribution in [2.75, 3.05) is 13.1 Å². The minimum absolute atomic E-state index is 0.0988. The van der Waals surface area contributed by atoms with E-state index in [0.29, 0.717) is 5.69 Å². The van der Waals surface area contributed by atoms with Crippen LogP contribution >= 0.6 is 0 Å². The summed E-state index contributed by atoms with van der Waals surface area (Å²) >= 11 is 0. The van der Waals surface area contributed by atoms with Gasteiger partial charge in [-0.3, -0.25) is 9.78 Å². The van der Waals surface area contributed by atoms with Crippen molar-refractivity contribution in [3.8, 4) is 11.1 Å². The van der Waals surface area contributed by atoms with Gasteiger partial charge in [0.1, 0.15) is 5.69 Å². The Balaban J connectivity index is 0.000000321. The molecular weight excluding hydrogens is 363 g/mol. The summed E-state index contributed by atoms with van der Waals surface area (Å²) in [7, 11) is 0. The number of nitrogens with one attached hydrogen (secondary N) is 2. The number of hydrogen-bond donors (Lipinski definition) is 3. The van der Waals surface area contributed by atoms with Gasteiger partial charge in [-0.25, -0.2) is 4.79 Å². The number of amides is 1. The average molecular weight is 381 g/mol. The summed E-state index contributed by atoms with van der Waals surface area (Å²) in [6.45, 7) is 1.80. The third-order valence-corrected chi connectivity index (χ3v) is 3.74. The van der Waals surface area contributed by atoms with Crippen LogP contribution in [-0.2, 0) is 4.79 Å². The van der Waals surface area contributed by atoms with Crippen molar-refractivity contribution in [2.24, 2.45) is 0 Å². The highest BCUT2D eigenvalue weighted by molar-refractivity contribution is 5.92. The first-order valence-electron chi connectivity index (χ1n) is 8.10. The van der Waals surface area contributed by atoms with Crippen LogP contribution in [0.1, 0.15) is 16.9 Å². The highest BCUT2D eigenvalue weighted by atomic mass is 19.4. The summed E-state index contributed by atoms with van der Waals surface area (Å²) in [5.41, 5.74) is 2.59. The molecule has 0 aliphatic carbocycles. The second kappa shape index (κ2) is 9.13. The predicted octanol–water partition coefficient (Wildman–Crippen LogP) is 2.47. The van der Waals surface area contributed by atoms with Gasteiger partial charge in [-0.2, -0.15) is 13.2 Å². The second-order valence-electron chi connectivity index (χ2n) is 5.76. The lowest BCUT2D eigenvalue weighted by Gasteiger charge is -2.10. The minimum atomic E-state index is -5.08. The normalized spacial score (nSPS) is 16.2. The third-order valence-electron chi connectivity index (χ3n) is 3.74. The maximum Gasteiger partial charge on any atom is 0.490 e. The molecule has 1 atom stereocenters. The lowest BCUT2D eigenvalue weighted by molar-refractivity contribution is -0.192. The van der Waals surface area contributed by atoms with Crippen molar-refractivity contribution in [2.45, 2.75) is 18.6 Å². The first kappa shape index (κ1) is 20.4. The Labute approximate surface area is 153 Å². The van der Waals surface area contributed by atoms with Crippen molar-refractivity contribution in [1.29, 1.82) is 0 Å². The van der Waals surface area contributed by atoms with Crippen LogP contribution < -0.4 is 10.6 Å². The molecule has 2 aromatic rings. The Morgan fingerprint density at radius 2 is 1.78 bits per heavy atom. The lowest BCUT2D eigenvalue weighted by Crippen LogP contribution is -2.36. The Morgan fingerprint density at radius 3 is 2.26 bits per heavy atom. The van der Waals surface area contributed by atoms with Crippen LogP contribution in [0.4, 0.5) is 13.2 Å². The first-order chi connectivity index (χ1) is 12.8. The zero-order chi connectivity index (χ0) is 19.9. The summed E-state index contributed by atoms with van der Waals surface area (Å²) in [5, 5.41) is 13.3. The molecular formula is C18H18F3N3O3. The minimum Gasteiger partial charge on any atom is -0.475 e. The number of aliphatic carboxylic acids is 1. The van der Waals surface area contributed by atoms with E-state index in [9.17, 15) is 18.0 Å². The molecule has 144 valence electrons. The lowest BCUT2D eigenvalue weighted by atomic mass is 10.1. The van der Waals surface area contributed by atoms with Gasteiger partial charge in [0, 0.05) is 24.3 Å². The van der Waals surface area contributed by atoms with Gasteiger partial charge >= 0.3 is 12.1 Å². The van der Waals surface area contributed by atoms with E-state index in [1.807, 2.05) is 36.4 Å². The largest absolute Gasteiger partial charge is 0.490 e. The fourth-order valence-electron chi connectivity index (χ4n) is 2.37. The molecule has 2 heterocycles. The Morgan fingerprint density at radius 1 is 1.11 bits per heavy atom. The maximum absolute atomic E-state index is 12.0. The van der Waals surface area contributed by atoms with Crippen molar-refractivity contribution < 1.29 is 27.9 Å². The van der Waals surface area contributed by atoms with E-state index in [1.54, 1.807) is 12.3 Å². The molecule has 3 rings (SSSR count). The van der Waals surface area contributed by atoms with Gasteiger partial charge in [0.15, 0.2) is 0 Å². The molecule has 0 spiro atoms. The smallest absolute Gasteiger partial charge is 0.475 e. The Bertz CT molecular complexity index is 759. The summed E-state index contributed by atoms with van der Waals surface area (Å²) in [4.78, 5) is 25.2. The fraction of sp³-hybridized carbons (Fsp3) is 0.278. The number of carboxylic acids is 1. The zero-order valence-electron chi connectivity index (χ0n) is 14.2. The van der Waals surface area contributed by atoms with Gasteiger partial charge in [0.05, 0.1) is 0 Å². The molecule has 1 aromatic carbocycles. The number of halogens is 3. The topological polar surface area (TPSA) is 91.3 Å². The van der Waals surface area contributed by atoms with Gasteiger partial charge in [0.2, 0.25) is 0 Å². The van der Waals surface area contributed by atoms with E-state index in [2.05, 4.69) is 15.6 Å². The SMILES string of the molecule is O=C(N[C@@H]1CCNC1)c1ccc(-c2ccccc2)cn1.O=C(O)C(F)(F)F. The monoisotopic (exact) mass is 381 g/mol. The second-order valence-corrected chi connectivity index (χ2v) is 5.76. The summed E-state index contributed by atoms with van der Waals surface area (Å²) in [6.07, 6.45) is -2.36. The number of rotatable bonds is 3. The van der Waals surface area contributed by atoms with Crippen molar-refractivity contribution in [3.63, 3.8) is 0 Å². The van der Waals surface area contributed by atoms with E-state index in [0.717, 1.165) is 30.6 Å². The van der Waals surface area contributed by atoms with Crippen LogP contribution in [0.5, 0.6) is 0 Å². The van der Waals surface area contributed by atoms with Crippen LogP contribution in [-0.4, -0.2) is 47.3 Å². The van der Waals surface area contributed by atoms with Crippen molar-refractivity contribution in [1.82, 2.24) is 15.6 Å². The van der Waals surface area contributed by atoms with E-state index >= 15 is 0 Å². The standard InChI is InChI=1S/C16H17N3O.C2HF3O2/c20-16(19-14-8-9-17-11-14)15-7-6-13(10-18-15)12-4-2-1-3-5-12;3-2(4,5)1(6)7/h1-7,10,14,17H,8-9,11H2,(H,19,20);(H,6,7)/t14-;/m1./s1. The highest BCUT2D eigenvalue weighted by Crippen LogP contribution is 2.17. The van der Waals surface area contributed by atoms with Crippen LogP contribution in [0.25, 0.3) is 11.1 Å². The number of nitrogens with zero attached hydrogens (tertiary/aromatic N) is 1. The third kappa shape index (κ3) is 6.37. The number of benzene rings is 1. The molecule has 27 heavy (non-hydrogen) atoms. The van der Waals surface area contributed by atoms with E-state index in [4.69, 9.17) is 9.90 Å². The predicted molar refractivity (Wildman–Crippen MR) is 92.1 cm³/mol. The van der Waals surface area contributed by atoms with Gasteiger partial charge in [0.25, 0.3) is 5.91 Å². The molecule has 9 heteroatoms. The number of alkyl halides is 3. The molecule has 1 amide bonds. The molecule has 1 fully saturated rings. The number of carbonyl (C=O) groups excluding carboxylic acids is 1. The van der Waals surface area contributed by atoms with Crippen LogP contribution in [0.2, 0.25) is 0 Å².